The summed E-state index contributed by atoms with van der Waals surface area (Å²) in [6.07, 6.45) is 5.80. The topological polar surface area (TPSA) is 32.8 Å². The van der Waals surface area contributed by atoms with Gasteiger partial charge in [0.25, 0.3) is 0 Å². The number of ether oxygens (including phenoxy) is 1. The summed E-state index contributed by atoms with van der Waals surface area (Å²) in [5, 5.41) is 0. The molecule has 18 heavy (non-hydrogen) atoms. The third kappa shape index (κ3) is 3.56. The highest BCUT2D eigenvalue weighted by atomic mass is 16.5. The van der Waals surface area contributed by atoms with E-state index in [1.807, 2.05) is 6.08 Å². The fourth-order valence-corrected chi connectivity index (χ4v) is 2.44. The molecule has 0 saturated heterocycles. The SMILES string of the molecule is COC(=O)C(C)=CCN(C)CC1(N(C)C)CCC1. The Hall–Kier alpha value is -0.870. The van der Waals surface area contributed by atoms with Crippen LogP contribution in [0.5, 0.6) is 0 Å². The van der Waals surface area contributed by atoms with Crippen molar-refractivity contribution >= 4 is 5.97 Å². The van der Waals surface area contributed by atoms with Crippen LogP contribution in [0.4, 0.5) is 0 Å². The molecule has 104 valence electrons. The number of hydrogen-bond acceptors (Lipinski definition) is 4. The lowest BCUT2D eigenvalue weighted by molar-refractivity contribution is -0.136. The second-order valence-corrected chi connectivity index (χ2v) is 5.55. The minimum atomic E-state index is -0.241. The van der Waals surface area contributed by atoms with Crippen LogP contribution in [0.1, 0.15) is 26.2 Å². The smallest absolute Gasteiger partial charge is 0.333 e. The summed E-state index contributed by atoms with van der Waals surface area (Å²) in [5.41, 5.74) is 1.01. The first-order valence-corrected chi connectivity index (χ1v) is 6.52. The van der Waals surface area contributed by atoms with Crippen molar-refractivity contribution in [1.82, 2.24) is 9.80 Å². The van der Waals surface area contributed by atoms with Gasteiger partial charge in [-0.2, -0.15) is 0 Å². The Morgan fingerprint density at radius 2 is 1.94 bits per heavy atom. The van der Waals surface area contributed by atoms with Gasteiger partial charge in [-0.15, -0.1) is 0 Å². The van der Waals surface area contributed by atoms with Crippen molar-refractivity contribution in [1.29, 1.82) is 0 Å². The Kier molecular flexibility index (Phi) is 5.35. The summed E-state index contributed by atoms with van der Waals surface area (Å²) < 4.78 is 4.68. The van der Waals surface area contributed by atoms with Crippen LogP contribution in [0.2, 0.25) is 0 Å². The van der Waals surface area contributed by atoms with Crippen LogP contribution in [0.3, 0.4) is 0 Å². The number of carbonyl (C=O) groups excluding carboxylic acids is 1. The van der Waals surface area contributed by atoms with Gasteiger partial charge in [0, 0.05) is 24.2 Å². The predicted molar refractivity (Wildman–Crippen MR) is 73.5 cm³/mol. The molecule has 0 spiro atoms. The van der Waals surface area contributed by atoms with Crippen molar-refractivity contribution in [3.8, 4) is 0 Å². The first-order valence-electron chi connectivity index (χ1n) is 6.52. The van der Waals surface area contributed by atoms with Gasteiger partial charge in [-0.1, -0.05) is 6.08 Å². The predicted octanol–water partition coefficient (Wildman–Crippen LogP) is 1.52. The number of nitrogens with zero attached hydrogens (tertiary/aromatic N) is 2. The monoisotopic (exact) mass is 254 g/mol. The van der Waals surface area contributed by atoms with Gasteiger partial charge in [-0.05, 0) is 47.3 Å². The van der Waals surface area contributed by atoms with Gasteiger partial charge in [0.05, 0.1) is 7.11 Å². The Balaban J connectivity index is 2.46. The number of rotatable bonds is 6. The maximum atomic E-state index is 11.3. The van der Waals surface area contributed by atoms with Crippen LogP contribution >= 0.6 is 0 Å². The van der Waals surface area contributed by atoms with E-state index in [9.17, 15) is 4.79 Å². The molecule has 0 atom stereocenters. The fourth-order valence-electron chi connectivity index (χ4n) is 2.44. The lowest BCUT2D eigenvalue weighted by Crippen LogP contribution is -2.56. The van der Waals surface area contributed by atoms with E-state index in [4.69, 9.17) is 0 Å². The Bertz CT molecular complexity index is 320. The van der Waals surface area contributed by atoms with Gasteiger partial charge < -0.3 is 14.5 Å². The highest BCUT2D eigenvalue weighted by molar-refractivity contribution is 5.87. The van der Waals surface area contributed by atoms with Crippen LogP contribution in [0, 0.1) is 0 Å². The molecule has 1 saturated carbocycles. The number of methoxy groups -OCH3 is 1. The van der Waals surface area contributed by atoms with Crippen molar-refractivity contribution in [3.05, 3.63) is 11.6 Å². The third-order valence-electron chi connectivity index (χ3n) is 4.01. The largest absolute Gasteiger partial charge is 0.466 e. The van der Waals surface area contributed by atoms with E-state index < -0.39 is 0 Å². The van der Waals surface area contributed by atoms with Crippen molar-refractivity contribution in [2.45, 2.75) is 31.7 Å². The molecule has 0 N–H and O–H groups in total. The van der Waals surface area contributed by atoms with Crippen LogP contribution in [-0.4, -0.2) is 62.7 Å². The molecule has 0 aliphatic heterocycles. The van der Waals surface area contributed by atoms with E-state index in [2.05, 4.69) is 35.7 Å². The summed E-state index contributed by atoms with van der Waals surface area (Å²) >= 11 is 0. The molecule has 1 aliphatic rings. The summed E-state index contributed by atoms with van der Waals surface area (Å²) in [7, 11) is 7.83. The summed E-state index contributed by atoms with van der Waals surface area (Å²) in [5.74, 6) is -0.241. The second kappa shape index (κ2) is 6.34. The van der Waals surface area contributed by atoms with E-state index in [0.717, 1.165) is 13.1 Å². The van der Waals surface area contributed by atoms with Gasteiger partial charge in [0.1, 0.15) is 0 Å². The average molecular weight is 254 g/mol. The molecule has 4 heteroatoms. The van der Waals surface area contributed by atoms with Crippen molar-refractivity contribution in [2.24, 2.45) is 0 Å². The van der Waals surface area contributed by atoms with E-state index in [1.54, 1.807) is 6.92 Å². The van der Waals surface area contributed by atoms with Crippen LogP contribution < -0.4 is 0 Å². The minimum Gasteiger partial charge on any atom is -0.466 e. The Morgan fingerprint density at radius 3 is 2.33 bits per heavy atom. The number of likely N-dealkylation sites (N-methyl/N-ethyl adjacent to an activating group) is 2. The quantitative estimate of drug-likeness (QED) is 0.531. The zero-order valence-electron chi connectivity index (χ0n) is 12.3. The van der Waals surface area contributed by atoms with Crippen molar-refractivity contribution in [2.75, 3.05) is 41.3 Å². The summed E-state index contributed by atoms with van der Waals surface area (Å²) in [6.45, 7) is 3.63. The molecule has 0 aromatic rings. The van der Waals surface area contributed by atoms with E-state index >= 15 is 0 Å². The molecule has 0 aromatic carbocycles. The second-order valence-electron chi connectivity index (χ2n) is 5.55. The Labute approximate surface area is 111 Å². The zero-order valence-corrected chi connectivity index (χ0v) is 12.3. The Morgan fingerprint density at radius 1 is 1.33 bits per heavy atom. The molecule has 4 nitrogen and oxygen atoms in total. The molecule has 1 fully saturated rings. The molecular weight excluding hydrogens is 228 g/mol. The average Bonchev–Trinajstić information content (AvgIpc) is 2.29. The molecule has 0 radical (unpaired) electrons. The summed E-state index contributed by atoms with van der Waals surface area (Å²) in [4.78, 5) is 15.9. The lowest BCUT2D eigenvalue weighted by Gasteiger charge is -2.49. The number of esters is 1. The van der Waals surface area contributed by atoms with Gasteiger partial charge in [-0.3, -0.25) is 0 Å². The van der Waals surface area contributed by atoms with E-state index in [0.29, 0.717) is 11.1 Å². The number of carbonyl (C=O) groups is 1. The molecule has 1 aliphatic carbocycles. The van der Waals surface area contributed by atoms with Gasteiger partial charge >= 0.3 is 5.97 Å². The highest BCUT2D eigenvalue weighted by Crippen LogP contribution is 2.36. The summed E-state index contributed by atoms with van der Waals surface area (Å²) in [6, 6.07) is 0. The molecule has 1 rings (SSSR count). The molecule has 0 heterocycles. The van der Waals surface area contributed by atoms with Crippen molar-refractivity contribution < 1.29 is 9.53 Å². The van der Waals surface area contributed by atoms with E-state index in [1.165, 1.54) is 26.4 Å². The van der Waals surface area contributed by atoms with E-state index in [-0.39, 0.29) is 5.97 Å². The van der Waals surface area contributed by atoms with Gasteiger partial charge in [0.15, 0.2) is 0 Å². The molecule has 0 amide bonds. The zero-order chi connectivity index (χ0) is 13.8. The third-order valence-corrected chi connectivity index (χ3v) is 4.01. The maximum Gasteiger partial charge on any atom is 0.333 e. The normalized spacial score (nSPS) is 18.9. The van der Waals surface area contributed by atoms with Gasteiger partial charge in [0.2, 0.25) is 0 Å². The highest BCUT2D eigenvalue weighted by Gasteiger charge is 2.39. The van der Waals surface area contributed by atoms with Gasteiger partial charge in [-0.25, -0.2) is 4.79 Å². The molecule has 0 aromatic heterocycles. The lowest BCUT2D eigenvalue weighted by atomic mass is 9.75. The first-order chi connectivity index (χ1) is 8.41. The standard InChI is InChI=1S/C14H26N2O2/c1-12(13(17)18-5)7-10-16(4)11-14(15(2)3)8-6-9-14/h7H,6,8-11H2,1-5H3. The van der Waals surface area contributed by atoms with Crippen LogP contribution in [0.15, 0.2) is 11.6 Å². The number of hydrogen-bond donors (Lipinski definition) is 0. The van der Waals surface area contributed by atoms with Crippen LogP contribution in [0.25, 0.3) is 0 Å². The molecule has 0 bridgehead atoms. The first kappa shape index (κ1) is 15.2. The molecular formula is C14H26N2O2. The van der Waals surface area contributed by atoms with Crippen molar-refractivity contribution in [3.63, 3.8) is 0 Å². The fraction of sp³-hybridized carbons (Fsp3) is 0.786. The minimum absolute atomic E-state index is 0.241. The van der Waals surface area contributed by atoms with Crippen LogP contribution in [-0.2, 0) is 9.53 Å². The molecule has 0 unspecified atom stereocenters. The maximum absolute atomic E-state index is 11.3.